The fraction of sp³-hybridized carbons (Fsp3) is 0.412. The van der Waals surface area contributed by atoms with Crippen molar-refractivity contribution in [3.8, 4) is 0 Å². The molecule has 116 valence electrons. The number of hydrogen-bond donors (Lipinski definition) is 2. The van der Waals surface area contributed by atoms with E-state index in [2.05, 4.69) is 27.6 Å². The van der Waals surface area contributed by atoms with Gasteiger partial charge in [-0.3, -0.25) is 9.89 Å². The highest BCUT2D eigenvalue weighted by Crippen LogP contribution is 2.17. The molecule has 1 aliphatic heterocycles. The number of fused-ring (bicyclic) bond motifs is 1. The fourth-order valence-corrected chi connectivity index (χ4v) is 2.86. The van der Waals surface area contributed by atoms with Crippen molar-refractivity contribution in [1.82, 2.24) is 20.4 Å². The number of nitrogens with zero attached hydrogens (tertiary/aromatic N) is 2. The van der Waals surface area contributed by atoms with Gasteiger partial charge in [-0.05, 0) is 18.9 Å². The Labute approximate surface area is 130 Å². The summed E-state index contributed by atoms with van der Waals surface area (Å²) in [6, 6.07) is 10.3. The van der Waals surface area contributed by atoms with Gasteiger partial charge in [0.1, 0.15) is 0 Å². The van der Waals surface area contributed by atoms with Gasteiger partial charge in [0.05, 0.1) is 0 Å². The summed E-state index contributed by atoms with van der Waals surface area (Å²) in [4.78, 5) is 14.6. The topological polar surface area (TPSA) is 61.0 Å². The van der Waals surface area contributed by atoms with Crippen molar-refractivity contribution >= 4 is 5.91 Å². The number of amides is 1. The van der Waals surface area contributed by atoms with Crippen molar-refractivity contribution in [3.63, 3.8) is 0 Å². The Kier molecular flexibility index (Phi) is 4.53. The molecule has 2 heterocycles. The first-order valence-corrected chi connectivity index (χ1v) is 7.89. The monoisotopic (exact) mass is 298 g/mol. The number of likely N-dealkylation sites (N-methyl/N-ethyl adjacent to an activating group) is 1. The highest BCUT2D eigenvalue weighted by Gasteiger charge is 2.24. The third-order valence-corrected chi connectivity index (χ3v) is 4.19. The number of nitrogens with one attached hydrogen (secondary N) is 2. The molecule has 2 N–H and O–H groups in total. The second-order valence-corrected chi connectivity index (χ2v) is 5.58. The summed E-state index contributed by atoms with van der Waals surface area (Å²) >= 11 is 0. The van der Waals surface area contributed by atoms with Gasteiger partial charge in [0.25, 0.3) is 5.91 Å². The van der Waals surface area contributed by atoms with Crippen LogP contribution in [-0.2, 0) is 19.4 Å². The second kappa shape index (κ2) is 6.75. The lowest BCUT2D eigenvalue weighted by molar-refractivity contribution is 0.0759. The molecule has 0 saturated carbocycles. The Hall–Kier alpha value is -2.14. The molecule has 2 aromatic rings. The van der Waals surface area contributed by atoms with Crippen molar-refractivity contribution in [1.29, 1.82) is 0 Å². The van der Waals surface area contributed by atoms with E-state index >= 15 is 0 Å². The van der Waals surface area contributed by atoms with Gasteiger partial charge in [-0.1, -0.05) is 30.3 Å². The Bertz CT molecular complexity index is 635. The van der Waals surface area contributed by atoms with E-state index in [1.165, 1.54) is 5.56 Å². The average Bonchev–Trinajstić information content (AvgIpc) is 3.00. The molecule has 0 aliphatic carbocycles. The van der Waals surface area contributed by atoms with E-state index < -0.39 is 0 Å². The maximum absolute atomic E-state index is 12.7. The zero-order valence-corrected chi connectivity index (χ0v) is 12.9. The number of rotatable bonds is 5. The van der Waals surface area contributed by atoms with Crippen LogP contribution in [0.5, 0.6) is 0 Å². The number of hydrogen-bond acceptors (Lipinski definition) is 3. The highest BCUT2D eigenvalue weighted by atomic mass is 16.2. The van der Waals surface area contributed by atoms with Crippen molar-refractivity contribution in [2.45, 2.75) is 26.3 Å². The van der Waals surface area contributed by atoms with Gasteiger partial charge in [-0.2, -0.15) is 5.10 Å². The molecule has 5 heteroatoms. The number of aromatic amines is 1. The highest BCUT2D eigenvalue weighted by molar-refractivity contribution is 5.94. The molecular formula is C17H22N4O. The predicted molar refractivity (Wildman–Crippen MR) is 85.7 cm³/mol. The largest absolute Gasteiger partial charge is 0.337 e. The van der Waals surface area contributed by atoms with E-state index in [0.29, 0.717) is 18.8 Å². The first kappa shape index (κ1) is 14.8. The van der Waals surface area contributed by atoms with Crippen molar-refractivity contribution < 1.29 is 4.79 Å². The maximum Gasteiger partial charge on any atom is 0.274 e. The molecule has 0 spiro atoms. The minimum Gasteiger partial charge on any atom is -0.337 e. The van der Waals surface area contributed by atoms with Crippen LogP contribution in [0.15, 0.2) is 30.3 Å². The van der Waals surface area contributed by atoms with Crippen molar-refractivity contribution in [3.05, 3.63) is 52.8 Å². The lowest BCUT2D eigenvalue weighted by Crippen LogP contribution is -2.34. The van der Waals surface area contributed by atoms with Crippen LogP contribution in [0.25, 0.3) is 0 Å². The molecule has 1 aromatic carbocycles. The van der Waals surface area contributed by atoms with Gasteiger partial charge in [-0.15, -0.1) is 0 Å². The number of carbonyl (C=O) groups is 1. The van der Waals surface area contributed by atoms with Crippen LogP contribution >= 0.6 is 0 Å². The van der Waals surface area contributed by atoms with Gasteiger partial charge in [0, 0.05) is 43.9 Å². The molecule has 0 radical (unpaired) electrons. The summed E-state index contributed by atoms with van der Waals surface area (Å²) in [6.45, 7) is 5.09. The van der Waals surface area contributed by atoms with E-state index in [1.54, 1.807) is 0 Å². The summed E-state index contributed by atoms with van der Waals surface area (Å²) in [7, 11) is 0. The van der Waals surface area contributed by atoms with Crippen molar-refractivity contribution in [2.75, 3.05) is 19.6 Å². The molecule has 0 unspecified atom stereocenters. The summed E-state index contributed by atoms with van der Waals surface area (Å²) in [5.41, 5.74) is 3.97. The van der Waals surface area contributed by atoms with E-state index in [-0.39, 0.29) is 5.91 Å². The SMILES string of the molecule is CCN(CCc1ccccc1)C(=O)c1n[nH]c2c1CNCC2. The van der Waals surface area contributed by atoms with E-state index in [9.17, 15) is 4.79 Å². The van der Waals surface area contributed by atoms with Gasteiger partial charge >= 0.3 is 0 Å². The minimum atomic E-state index is 0.0274. The van der Waals surface area contributed by atoms with Crippen LogP contribution in [0.3, 0.4) is 0 Å². The van der Waals surface area contributed by atoms with E-state index in [1.807, 2.05) is 30.0 Å². The molecule has 0 fully saturated rings. The summed E-state index contributed by atoms with van der Waals surface area (Å²) in [5, 5.41) is 10.6. The molecule has 0 bridgehead atoms. The average molecular weight is 298 g/mol. The molecule has 1 aromatic heterocycles. The first-order chi connectivity index (χ1) is 10.8. The molecule has 0 saturated heterocycles. The van der Waals surface area contributed by atoms with E-state index in [0.717, 1.165) is 37.2 Å². The number of carbonyl (C=O) groups excluding carboxylic acids is 1. The summed E-state index contributed by atoms with van der Waals surface area (Å²) in [6.07, 6.45) is 1.77. The van der Waals surface area contributed by atoms with Crippen LogP contribution in [0.2, 0.25) is 0 Å². The Balaban J connectivity index is 1.70. The Morgan fingerprint density at radius 2 is 2.14 bits per heavy atom. The van der Waals surface area contributed by atoms with Crippen LogP contribution < -0.4 is 5.32 Å². The van der Waals surface area contributed by atoms with Crippen molar-refractivity contribution in [2.24, 2.45) is 0 Å². The molecule has 1 amide bonds. The molecule has 3 rings (SSSR count). The van der Waals surface area contributed by atoms with Crippen LogP contribution in [0.4, 0.5) is 0 Å². The fourth-order valence-electron chi connectivity index (χ4n) is 2.86. The molecule has 0 atom stereocenters. The number of H-pyrrole nitrogens is 1. The smallest absolute Gasteiger partial charge is 0.274 e. The second-order valence-electron chi connectivity index (χ2n) is 5.58. The predicted octanol–water partition coefficient (Wildman–Crippen LogP) is 1.76. The van der Waals surface area contributed by atoms with Crippen LogP contribution in [-0.4, -0.2) is 40.6 Å². The Morgan fingerprint density at radius 1 is 1.32 bits per heavy atom. The lowest BCUT2D eigenvalue weighted by atomic mass is 10.1. The maximum atomic E-state index is 12.7. The van der Waals surface area contributed by atoms with Gasteiger partial charge in [0.15, 0.2) is 5.69 Å². The molecule has 1 aliphatic rings. The Morgan fingerprint density at radius 3 is 2.91 bits per heavy atom. The zero-order valence-electron chi connectivity index (χ0n) is 12.9. The number of aromatic nitrogens is 2. The quantitative estimate of drug-likeness (QED) is 0.884. The van der Waals surface area contributed by atoms with Crippen LogP contribution in [0, 0.1) is 0 Å². The minimum absolute atomic E-state index is 0.0274. The molecule has 22 heavy (non-hydrogen) atoms. The standard InChI is InChI=1S/C17H22N4O/c1-2-21(11-9-13-6-4-3-5-7-13)17(22)16-14-12-18-10-8-15(14)19-20-16/h3-7,18H,2,8-12H2,1H3,(H,19,20). The molecule has 5 nitrogen and oxygen atoms in total. The molecular weight excluding hydrogens is 276 g/mol. The lowest BCUT2D eigenvalue weighted by Gasteiger charge is -2.21. The first-order valence-electron chi connectivity index (χ1n) is 7.89. The van der Waals surface area contributed by atoms with E-state index in [4.69, 9.17) is 0 Å². The normalized spacial score (nSPS) is 13.7. The van der Waals surface area contributed by atoms with Gasteiger partial charge in [0.2, 0.25) is 0 Å². The van der Waals surface area contributed by atoms with Gasteiger partial charge in [-0.25, -0.2) is 0 Å². The summed E-state index contributed by atoms with van der Waals surface area (Å²) in [5.74, 6) is 0.0274. The number of benzene rings is 1. The third-order valence-electron chi connectivity index (χ3n) is 4.19. The summed E-state index contributed by atoms with van der Waals surface area (Å²) < 4.78 is 0. The van der Waals surface area contributed by atoms with Crippen LogP contribution in [0.1, 0.15) is 34.2 Å². The zero-order chi connectivity index (χ0) is 15.4. The van der Waals surface area contributed by atoms with Gasteiger partial charge < -0.3 is 10.2 Å². The third kappa shape index (κ3) is 3.04.